The molecule has 2 atom stereocenters. The summed E-state index contributed by atoms with van der Waals surface area (Å²) >= 11 is 0. The number of likely N-dealkylation sites (tertiary alicyclic amines) is 1. The number of carbonyl (C=O) groups is 1. The van der Waals surface area contributed by atoms with Crippen LogP contribution in [-0.2, 0) is 17.8 Å². The number of rotatable bonds is 9. The smallest absolute Gasteiger partial charge is 0.303 e. The highest BCUT2D eigenvalue weighted by molar-refractivity contribution is 6.01. The Morgan fingerprint density at radius 2 is 1.78 bits per heavy atom. The van der Waals surface area contributed by atoms with Gasteiger partial charge >= 0.3 is 5.97 Å². The highest BCUT2D eigenvalue weighted by atomic mass is 19.1. The molecule has 0 bridgehead atoms. The molecule has 3 aromatic rings. The van der Waals surface area contributed by atoms with E-state index in [9.17, 15) is 14.3 Å². The Kier molecular flexibility index (Phi) is 6.88. The lowest BCUT2D eigenvalue weighted by Crippen LogP contribution is -2.38. The first-order valence-electron chi connectivity index (χ1n) is 13.1. The molecule has 1 saturated carbocycles. The second kappa shape index (κ2) is 9.97. The molecule has 1 saturated heterocycles. The SMILES string of the molecule is COc1cc(CN2CCCC3(C2)CC3(C)CF)cc(OC)c1-c1cccc2c(CCC(=O)O)cccc12. The number of piperidine rings is 1. The third-order valence-corrected chi connectivity index (χ3v) is 8.70. The van der Waals surface area contributed by atoms with Crippen LogP contribution in [0.4, 0.5) is 4.39 Å². The first kappa shape index (κ1) is 25.5. The minimum Gasteiger partial charge on any atom is -0.496 e. The number of hydrogen-bond acceptors (Lipinski definition) is 4. The Balaban J connectivity index is 1.49. The molecule has 1 aliphatic carbocycles. The Labute approximate surface area is 218 Å². The highest BCUT2D eigenvalue weighted by Crippen LogP contribution is 2.67. The summed E-state index contributed by atoms with van der Waals surface area (Å²) in [6.45, 7) is 4.57. The van der Waals surface area contributed by atoms with Crippen LogP contribution in [0.15, 0.2) is 48.5 Å². The van der Waals surface area contributed by atoms with E-state index in [0.29, 0.717) is 6.42 Å². The van der Waals surface area contributed by atoms with Gasteiger partial charge in [-0.1, -0.05) is 43.3 Å². The molecule has 2 aliphatic rings. The molecule has 1 spiro atoms. The minimum absolute atomic E-state index is 0.0902. The van der Waals surface area contributed by atoms with Gasteiger partial charge in [0.15, 0.2) is 0 Å². The van der Waals surface area contributed by atoms with Crippen molar-refractivity contribution in [1.82, 2.24) is 4.90 Å². The number of methoxy groups -OCH3 is 2. The van der Waals surface area contributed by atoms with Crippen LogP contribution in [0, 0.1) is 10.8 Å². The van der Waals surface area contributed by atoms with Crippen LogP contribution in [0.3, 0.4) is 0 Å². The Bertz CT molecular complexity index is 1290. The number of carboxylic acid groups (broad SMARTS) is 1. The molecular formula is C31H36FNO4. The highest BCUT2D eigenvalue weighted by Gasteiger charge is 2.64. The number of nitrogens with zero attached hydrogens (tertiary/aromatic N) is 1. The van der Waals surface area contributed by atoms with Gasteiger partial charge in [0.25, 0.3) is 0 Å². The maximum Gasteiger partial charge on any atom is 0.303 e. The van der Waals surface area contributed by atoms with Crippen LogP contribution in [0.5, 0.6) is 11.5 Å². The molecule has 1 N–H and O–H groups in total. The number of carboxylic acids is 1. The second-order valence-electron chi connectivity index (χ2n) is 11.1. The second-order valence-corrected chi connectivity index (χ2v) is 11.1. The number of benzene rings is 3. The van der Waals surface area contributed by atoms with Gasteiger partial charge < -0.3 is 14.6 Å². The lowest BCUT2D eigenvalue weighted by Gasteiger charge is -2.35. The first-order chi connectivity index (χ1) is 17.8. The molecule has 5 rings (SSSR count). The molecule has 0 aromatic heterocycles. The van der Waals surface area contributed by atoms with E-state index in [1.807, 2.05) is 24.3 Å². The normalized spacial score (nSPS) is 23.4. The van der Waals surface area contributed by atoms with Crippen molar-refractivity contribution in [2.75, 3.05) is 34.0 Å². The van der Waals surface area contributed by atoms with Crippen LogP contribution in [0.1, 0.15) is 43.7 Å². The monoisotopic (exact) mass is 505 g/mol. The lowest BCUT2D eigenvalue weighted by molar-refractivity contribution is -0.136. The van der Waals surface area contributed by atoms with Gasteiger partial charge in [-0.25, -0.2) is 0 Å². The van der Waals surface area contributed by atoms with Crippen molar-refractivity contribution in [3.63, 3.8) is 0 Å². The number of hydrogen-bond donors (Lipinski definition) is 1. The van der Waals surface area contributed by atoms with Crippen molar-refractivity contribution in [3.8, 4) is 22.6 Å². The van der Waals surface area contributed by atoms with E-state index in [2.05, 4.69) is 36.1 Å². The number of alkyl halides is 1. The summed E-state index contributed by atoms with van der Waals surface area (Å²) in [5, 5.41) is 11.2. The summed E-state index contributed by atoms with van der Waals surface area (Å²) in [5.41, 5.74) is 3.95. The van der Waals surface area contributed by atoms with Crippen LogP contribution in [0.25, 0.3) is 21.9 Å². The molecule has 37 heavy (non-hydrogen) atoms. The number of fused-ring (bicyclic) bond motifs is 1. The summed E-state index contributed by atoms with van der Waals surface area (Å²) in [6, 6.07) is 16.3. The Hall–Kier alpha value is -3.12. The lowest BCUT2D eigenvalue weighted by atomic mass is 9.86. The molecule has 2 unspecified atom stereocenters. The zero-order valence-electron chi connectivity index (χ0n) is 22.0. The zero-order valence-corrected chi connectivity index (χ0v) is 22.0. The van der Waals surface area contributed by atoms with Crippen molar-refractivity contribution in [1.29, 1.82) is 0 Å². The first-order valence-corrected chi connectivity index (χ1v) is 13.1. The Morgan fingerprint density at radius 3 is 2.43 bits per heavy atom. The maximum atomic E-state index is 13.7. The molecule has 1 heterocycles. The van der Waals surface area contributed by atoms with Gasteiger partial charge in [-0.3, -0.25) is 14.1 Å². The van der Waals surface area contributed by atoms with E-state index >= 15 is 0 Å². The summed E-state index contributed by atoms with van der Waals surface area (Å²) in [6.07, 6.45) is 3.76. The van der Waals surface area contributed by atoms with Crippen molar-refractivity contribution in [2.24, 2.45) is 10.8 Å². The van der Waals surface area contributed by atoms with Crippen molar-refractivity contribution >= 4 is 16.7 Å². The van der Waals surface area contributed by atoms with Gasteiger partial charge in [-0.05, 0) is 77.2 Å². The van der Waals surface area contributed by atoms with Crippen LogP contribution in [-0.4, -0.2) is 50.0 Å². The fourth-order valence-corrected chi connectivity index (χ4v) is 6.52. The third kappa shape index (κ3) is 4.68. The third-order valence-electron chi connectivity index (χ3n) is 8.70. The van der Waals surface area contributed by atoms with E-state index < -0.39 is 5.97 Å². The predicted octanol–water partition coefficient (Wildman–Crippen LogP) is 6.50. The number of aliphatic carboxylic acids is 1. The molecule has 6 heteroatoms. The predicted molar refractivity (Wildman–Crippen MR) is 144 cm³/mol. The molecule has 0 amide bonds. The molecule has 2 fully saturated rings. The van der Waals surface area contributed by atoms with Crippen LogP contribution in [0.2, 0.25) is 0 Å². The summed E-state index contributed by atoms with van der Waals surface area (Å²) in [5.74, 6) is 0.678. The van der Waals surface area contributed by atoms with Gasteiger partial charge in [-0.15, -0.1) is 0 Å². The summed E-state index contributed by atoms with van der Waals surface area (Å²) in [4.78, 5) is 13.6. The average Bonchev–Trinajstić information content (AvgIpc) is 3.47. The average molecular weight is 506 g/mol. The molecule has 196 valence electrons. The van der Waals surface area contributed by atoms with Gasteiger partial charge in [0.2, 0.25) is 0 Å². The maximum absolute atomic E-state index is 13.7. The van der Waals surface area contributed by atoms with Crippen molar-refractivity contribution in [3.05, 3.63) is 59.7 Å². The van der Waals surface area contributed by atoms with E-state index in [4.69, 9.17) is 9.47 Å². The summed E-state index contributed by atoms with van der Waals surface area (Å²) < 4.78 is 25.5. The largest absolute Gasteiger partial charge is 0.496 e. The van der Waals surface area contributed by atoms with Gasteiger partial charge in [0.1, 0.15) is 11.5 Å². The fraction of sp³-hybridized carbons (Fsp3) is 0.452. The fourth-order valence-electron chi connectivity index (χ4n) is 6.52. The Morgan fingerprint density at radius 1 is 1.08 bits per heavy atom. The summed E-state index contributed by atoms with van der Waals surface area (Å²) in [7, 11) is 3.36. The van der Waals surface area contributed by atoms with Crippen molar-refractivity contribution < 1.29 is 23.8 Å². The number of aryl methyl sites for hydroxylation is 1. The van der Waals surface area contributed by atoms with Crippen molar-refractivity contribution in [2.45, 2.75) is 45.6 Å². The quantitative estimate of drug-likeness (QED) is 0.360. The molecular weight excluding hydrogens is 469 g/mol. The van der Waals surface area contributed by atoms with Gasteiger partial charge in [0.05, 0.1) is 26.5 Å². The van der Waals surface area contributed by atoms with E-state index in [0.717, 1.165) is 83.4 Å². The molecule has 3 aromatic carbocycles. The van der Waals surface area contributed by atoms with E-state index in [-0.39, 0.29) is 23.9 Å². The topological polar surface area (TPSA) is 59.0 Å². The molecule has 1 aliphatic heterocycles. The van der Waals surface area contributed by atoms with Crippen LogP contribution < -0.4 is 9.47 Å². The molecule has 5 nitrogen and oxygen atoms in total. The van der Waals surface area contributed by atoms with Gasteiger partial charge in [0, 0.05) is 24.9 Å². The molecule has 0 radical (unpaired) electrons. The van der Waals surface area contributed by atoms with Gasteiger partial charge in [-0.2, -0.15) is 0 Å². The van der Waals surface area contributed by atoms with Crippen LogP contribution >= 0.6 is 0 Å². The number of halogens is 1. The number of ether oxygens (including phenoxy) is 2. The minimum atomic E-state index is -0.803. The zero-order chi connectivity index (χ0) is 26.2. The standard InChI is InChI=1S/C31H36FNO4/c1-30(19-32)18-31(30)13-6-14-33(20-31)17-21-15-26(36-2)29(27(16-21)37-3)25-10-5-8-23-22(11-12-28(34)35)7-4-9-24(23)25/h4-5,7-10,15-16H,6,11-14,17-20H2,1-3H3,(H,34,35). The van der Waals surface area contributed by atoms with E-state index in [1.165, 1.54) is 0 Å². The van der Waals surface area contributed by atoms with E-state index in [1.54, 1.807) is 14.2 Å².